The Morgan fingerprint density at radius 1 is 1.42 bits per heavy atom. The van der Waals surface area contributed by atoms with Gasteiger partial charge in [-0.2, -0.15) is 18.3 Å². The predicted molar refractivity (Wildman–Crippen MR) is 87.3 cm³/mol. The molecule has 0 N–H and O–H groups in total. The summed E-state index contributed by atoms with van der Waals surface area (Å²) in [6.45, 7) is 3.88. The average Bonchev–Trinajstić information content (AvgIpc) is 2.90. The highest BCUT2D eigenvalue weighted by Gasteiger charge is 2.28. The highest BCUT2D eigenvalue weighted by molar-refractivity contribution is 8.00. The molecule has 24 heavy (non-hydrogen) atoms. The molecular weight excluding hydrogens is 341 g/mol. The summed E-state index contributed by atoms with van der Waals surface area (Å²) in [5, 5.41) is 4.35. The zero-order chi connectivity index (χ0) is 17.7. The van der Waals surface area contributed by atoms with Gasteiger partial charge >= 0.3 is 5.51 Å². The molecule has 0 fully saturated rings. The van der Waals surface area contributed by atoms with Gasteiger partial charge in [-0.15, -0.1) is 0 Å². The third kappa shape index (κ3) is 4.73. The van der Waals surface area contributed by atoms with E-state index in [0.29, 0.717) is 17.9 Å². The maximum Gasteiger partial charge on any atom is 0.441 e. The van der Waals surface area contributed by atoms with E-state index in [9.17, 15) is 18.0 Å². The maximum atomic E-state index is 12.3. The van der Waals surface area contributed by atoms with Gasteiger partial charge in [0, 0.05) is 24.9 Å². The monoisotopic (exact) mass is 358 g/mol. The van der Waals surface area contributed by atoms with Crippen LogP contribution in [0.25, 0.3) is 5.69 Å². The van der Waals surface area contributed by atoms with Crippen LogP contribution in [0.3, 0.4) is 0 Å². The van der Waals surface area contributed by atoms with Gasteiger partial charge in [-0.05, 0) is 26.0 Å². The molecule has 0 aliphatic rings. The Hall–Kier alpha value is -2.03. The maximum absolute atomic E-state index is 12.3. The molecule has 2 heterocycles. The van der Waals surface area contributed by atoms with E-state index in [1.54, 1.807) is 43.2 Å². The van der Waals surface area contributed by atoms with Gasteiger partial charge in [-0.3, -0.25) is 9.78 Å². The van der Waals surface area contributed by atoms with E-state index in [0.717, 1.165) is 5.69 Å². The van der Waals surface area contributed by atoms with Crippen molar-refractivity contribution in [3.63, 3.8) is 0 Å². The number of amides is 1. The minimum Gasteiger partial charge on any atom is -0.310 e. The van der Waals surface area contributed by atoms with Crippen LogP contribution in [0.2, 0.25) is 0 Å². The number of halogens is 3. The van der Waals surface area contributed by atoms with Crippen LogP contribution in [0.4, 0.5) is 18.9 Å². The molecule has 2 aromatic rings. The van der Waals surface area contributed by atoms with Crippen LogP contribution in [0.5, 0.6) is 0 Å². The Morgan fingerprint density at radius 3 is 2.75 bits per heavy atom. The molecule has 130 valence electrons. The molecule has 2 aromatic heterocycles. The molecule has 0 saturated carbocycles. The molecule has 9 heteroatoms. The summed E-state index contributed by atoms with van der Waals surface area (Å²) in [6.07, 6.45) is 4.77. The van der Waals surface area contributed by atoms with Crippen molar-refractivity contribution < 1.29 is 18.0 Å². The number of thioether (sulfide) groups is 1. The number of hydrogen-bond donors (Lipinski definition) is 0. The van der Waals surface area contributed by atoms with E-state index in [1.807, 2.05) is 6.07 Å². The Labute approximate surface area is 141 Å². The van der Waals surface area contributed by atoms with E-state index >= 15 is 0 Å². The van der Waals surface area contributed by atoms with Crippen molar-refractivity contribution in [1.82, 2.24) is 14.8 Å². The summed E-state index contributed by atoms with van der Waals surface area (Å²) < 4.78 is 38.2. The molecule has 0 atom stereocenters. The van der Waals surface area contributed by atoms with Crippen LogP contribution in [0.1, 0.15) is 19.0 Å². The van der Waals surface area contributed by atoms with Crippen molar-refractivity contribution in [3.05, 3.63) is 36.4 Å². The van der Waals surface area contributed by atoms with Gasteiger partial charge in [0.1, 0.15) is 0 Å². The van der Waals surface area contributed by atoms with Gasteiger partial charge in [0.15, 0.2) is 0 Å². The molecule has 5 nitrogen and oxygen atoms in total. The number of carbonyl (C=O) groups is 1. The second kappa shape index (κ2) is 7.69. The summed E-state index contributed by atoms with van der Waals surface area (Å²) in [5.41, 5.74) is -2.37. The molecule has 0 bridgehead atoms. The summed E-state index contributed by atoms with van der Waals surface area (Å²) in [7, 11) is 0. The van der Waals surface area contributed by atoms with E-state index in [2.05, 4.69) is 10.1 Å². The van der Waals surface area contributed by atoms with Crippen molar-refractivity contribution in [1.29, 1.82) is 0 Å². The van der Waals surface area contributed by atoms with E-state index < -0.39 is 5.51 Å². The standard InChI is InChI=1S/C15H17F3N4OS/c1-3-21(14(23)6-8-24-15(16,17)18)13-10-22(20-11(13)2)12-5-4-7-19-9-12/h4-5,7,9-10H,3,6,8H2,1-2H3. The second-order valence-electron chi connectivity index (χ2n) is 4.94. The van der Waals surface area contributed by atoms with Crippen molar-refractivity contribution in [3.8, 4) is 5.69 Å². The van der Waals surface area contributed by atoms with E-state index in [4.69, 9.17) is 0 Å². The molecule has 0 aliphatic carbocycles. The molecule has 0 saturated heterocycles. The van der Waals surface area contributed by atoms with Crippen LogP contribution >= 0.6 is 11.8 Å². The second-order valence-corrected chi connectivity index (χ2v) is 6.10. The number of aromatic nitrogens is 3. The zero-order valence-corrected chi connectivity index (χ0v) is 14.1. The third-order valence-electron chi connectivity index (χ3n) is 3.27. The largest absolute Gasteiger partial charge is 0.441 e. The first-order chi connectivity index (χ1) is 11.3. The van der Waals surface area contributed by atoms with Crippen molar-refractivity contribution in [2.24, 2.45) is 0 Å². The number of alkyl halides is 3. The van der Waals surface area contributed by atoms with Gasteiger partial charge < -0.3 is 4.90 Å². The topological polar surface area (TPSA) is 51.0 Å². The van der Waals surface area contributed by atoms with Gasteiger partial charge in [-0.1, -0.05) is 11.8 Å². The molecule has 2 rings (SSSR count). The smallest absolute Gasteiger partial charge is 0.310 e. The third-order valence-corrected chi connectivity index (χ3v) is 4.01. The summed E-state index contributed by atoms with van der Waals surface area (Å²) in [4.78, 5) is 17.7. The number of pyridine rings is 1. The van der Waals surface area contributed by atoms with Crippen molar-refractivity contribution >= 4 is 23.4 Å². The number of aryl methyl sites for hydroxylation is 1. The molecule has 0 unspecified atom stereocenters. The minimum atomic E-state index is -4.32. The number of hydrogen-bond acceptors (Lipinski definition) is 4. The number of nitrogens with zero attached hydrogens (tertiary/aromatic N) is 4. The van der Waals surface area contributed by atoms with Crippen LogP contribution in [-0.4, -0.2) is 38.5 Å². The number of anilines is 1. The van der Waals surface area contributed by atoms with Gasteiger partial charge in [0.2, 0.25) is 5.91 Å². The SMILES string of the molecule is CCN(C(=O)CCSC(F)(F)F)c1cn(-c2cccnc2)nc1C. The fourth-order valence-electron chi connectivity index (χ4n) is 2.21. The predicted octanol–water partition coefficient (Wildman–Crippen LogP) is 3.57. The Morgan fingerprint density at radius 2 is 2.17 bits per heavy atom. The number of carbonyl (C=O) groups excluding carboxylic acids is 1. The lowest BCUT2D eigenvalue weighted by atomic mass is 10.3. The summed E-state index contributed by atoms with van der Waals surface area (Å²) in [5.74, 6) is -0.655. The van der Waals surface area contributed by atoms with Crippen molar-refractivity contribution in [2.45, 2.75) is 25.8 Å². The quantitative estimate of drug-likeness (QED) is 0.792. The highest BCUT2D eigenvalue weighted by atomic mass is 32.2. The molecular formula is C15H17F3N4OS. The van der Waals surface area contributed by atoms with Crippen LogP contribution in [0, 0.1) is 6.92 Å². The van der Waals surface area contributed by atoms with Gasteiger partial charge in [-0.25, -0.2) is 4.68 Å². The lowest BCUT2D eigenvalue weighted by molar-refractivity contribution is -0.118. The molecule has 0 aromatic carbocycles. The molecule has 0 spiro atoms. The molecule has 0 aliphatic heterocycles. The zero-order valence-electron chi connectivity index (χ0n) is 13.2. The fraction of sp³-hybridized carbons (Fsp3) is 0.400. The molecule has 1 amide bonds. The summed E-state index contributed by atoms with van der Waals surface area (Å²) >= 11 is -0.185. The van der Waals surface area contributed by atoms with Crippen LogP contribution < -0.4 is 4.90 Å². The lowest BCUT2D eigenvalue weighted by Gasteiger charge is -2.20. The highest BCUT2D eigenvalue weighted by Crippen LogP contribution is 2.31. The normalized spacial score (nSPS) is 11.5. The first-order valence-corrected chi connectivity index (χ1v) is 8.28. The average molecular weight is 358 g/mol. The van der Waals surface area contributed by atoms with Crippen molar-refractivity contribution in [2.75, 3.05) is 17.2 Å². The van der Waals surface area contributed by atoms with E-state index in [-0.39, 0.29) is 29.8 Å². The van der Waals surface area contributed by atoms with Gasteiger partial charge in [0.05, 0.1) is 29.5 Å². The number of rotatable bonds is 6. The Bertz CT molecular complexity index is 688. The first-order valence-electron chi connectivity index (χ1n) is 7.29. The lowest BCUT2D eigenvalue weighted by Crippen LogP contribution is -2.31. The first kappa shape index (κ1) is 18.3. The minimum absolute atomic E-state index is 0.185. The molecule has 0 radical (unpaired) electrons. The van der Waals surface area contributed by atoms with Crippen LogP contribution in [-0.2, 0) is 4.79 Å². The van der Waals surface area contributed by atoms with E-state index in [1.165, 1.54) is 4.90 Å². The Kier molecular flexibility index (Phi) is 5.87. The summed E-state index contributed by atoms with van der Waals surface area (Å²) in [6, 6.07) is 3.59. The Balaban J connectivity index is 2.13. The fourth-order valence-corrected chi connectivity index (χ4v) is 2.72. The van der Waals surface area contributed by atoms with Crippen LogP contribution in [0.15, 0.2) is 30.7 Å². The van der Waals surface area contributed by atoms with Gasteiger partial charge in [0.25, 0.3) is 0 Å².